The summed E-state index contributed by atoms with van der Waals surface area (Å²) >= 11 is 0. The third-order valence-corrected chi connectivity index (χ3v) is 8.29. The van der Waals surface area contributed by atoms with Gasteiger partial charge in [0, 0.05) is 36.1 Å². The number of ether oxygens (including phenoxy) is 2. The van der Waals surface area contributed by atoms with Gasteiger partial charge < -0.3 is 14.8 Å². The molecule has 7 nitrogen and oxygen atoms in total. The van der Waals surface area contributed by atoms with Crippen molar-refractivity contribution >= 4 is 16.0 Å². The molecule has 3 aromatic rings. The van der Waals surface area contributed by atoms with Crippen molar-refractivity contribution in [2.75, 3.05) is 33.6 Å². The fraction of sp³-hybridized carbons (Fsp3) is 0.321. The molecule has 36 heavy (non-hydrogen) atoms. The number of benzene rings is 3. The van der Waals surface area contributed by atoms with Crippen LogP contribution < -0.4 is 10.1 Å². The summed E-state index contributed by atoms with van der Waals surface area (Å²) in [5.41, 5.74) is -0.339. The van der Waals surface area contributed by atoms with E-state index in [2.05, 4.69) is 5.32 Å². The Hall–Kier alpha value is -3.20. The maximum absolute atomic E-state index is 13.5. The first kappa shape index (κ1) is 19.0. The first-order chi connectivity index (χ1) is 19.7. The second-order valence-corrected chi connectivity index (χ2v) is 10.7. The number of carbonyl (C=O) groups excluding carboxylic acids is 1. The minimum atomic E-state index is -3.84. The lowest BCUT2D eigenvalue weighted by Gasteiger charge is -2.47. The summed E-state index contributed by atoms with van der Waals surface area (Å²) in [5.74, 6) is -1.85. The first-order valence-corrected chi connectivity index (χ1v) is 13.1. The molecule has 0 aromatic heterocycles. The van der Waals surface area contributed by atoms with Gasteiger partial charge in [-0.1, -0.05) is 60.7 Å². The molecule has 0 radical (unpaired) electrons. The summed E-state index contributed by atoms with van der Waals surface area (Å²) in [5, 5.41) is 2.47. The van der Waals surface area contributed by atoms with Crippen LogP contribution in [0.1, 0.15) is 36.1 Å². The van der Waals surface area contributed by atoms with Crippen molar-refractivity contribution in [2.24, 2.45) is 5.92 Å². The van der Waals surface area contributed by atoms with Gasteiger partial charge in [0.25, 0.3) is 0 Å². The molecule has 1 aliphatic heterocycles. The molecule has 1 fully saturated rings. The molecule has 0 saturated carbocycles. The zero-order chi connectivity index (χ0) is 30.6. The third kappa shape index (κ3) is 5.61. The van der Waals surface area contributed by atoms with Crippen molar-refractivity contribution in [2.45, 2.75) is 17.8 Å². The molecular formula is C28H32N2O5S. The largest absolute Gasteiger partial charge is 0.497 e. The number of sulfonamides is 1. The lowest BCUT2D eigenvalue weighted by Crippen LogP contribution is -2.56. The van der Waals surface area contributed by atoms with Crippen LogP contribution in [0.3, 0.4) is 0 Å². The van der Waals surface area contributed by atoms with Crippen molar-refractivity contribution in [1.82, 2.24) is 9.62 Å². The fourth-order valence-electron chi connectivity index (χ4n) is 4.66. The van der Waals surface area contributed by atoms with Gasteiger partial charge in [-0.15, -0.1) is 0 Å². The zero-order valence-corrected chi connectivity index (χ0v) is 20.4. The fourth-order valence-corrected chi connectivity index (χ4v) is 6.23. The molecule has 0 spiro atoms. The van der Waals surface area contributed by atoms with Crippen molar-refractivity contribution in [3.8, 4) is 5.75 Å². The molecule has 190 valence electrons. The smallest absolute Gasteiger partial charge is 0.339 e. The van der Waals surface area contributed by atoms with E-state index in [4.69, 9.17) is 17.7 Å². The van der Waals surface area contributed by atoms with Crippen LogP contribution in [0, 0.1) is 5.92 Å². The minimum Gasteiger partial charge on any atom is -0.497 e. The highest BCUT2D eigenvalue weighted by atomic mass is 32.2. The van der Waals surface area contributed by atoms with Gasteiger partial charge in [-0.3, -0.25) is 0 Å². The molecule has 0 aliphatic carbocycles. The molecule has 1 saturated heterocycles. The van der Waals surface area contributed by atoms with Gasteiger partial charge in [0.15, 0.2) is 0 Å². The Balaban J connectivity index is 1.77. The summed E-state index contributed by atoms with van der Waals surface area (Å²) in [6.45, 7) is -3.00. The van der Waals surface area contributed by atoms with Gasteiger partial charge in [0.05, 0.1) is 22.5 Å². The molecule has 1 aliphatic rings. The number of esters is 1. The van der Waals surface area contributed by atoms with E-state index in [0.29, 0.717) is 11.1 Å². The lowest BCUT2D eigenvalue weighted by atomic mass is 9.76. The van der Waals surface area contributed by atoms with Crippen LogP contribution in [0.2, 0.25) is 0 Å². The van der Waals surface area contributed by atoms with Crippen molar-refractivity contribution in [3.05, 3.63) is 102 Å². The predicted molar refractivity (Wildman–Crippen MR) is 139 cm³/mol. The lowest BCUT2D eigenvalue weighted by molar-refractivity contribution is -0.0819. The van der Waals surface area contributed by atoms with Crippen LogP contribution in [-0.4, -0.2) is 52.3 Å². The van der Waals surface area contributed by atoms with Gasteiger partial charge >= 0.3 is 5.97 Å². The third-order valence-electron chi connectivity index (χ3n) is 6.47. The van der Waals surface area contributed by atoms with Gasteiger partial charge in [0.2, 0.25) is 10.0 Å². The monoisotopic (exact) mass is 514 g/mol. The van der Waals surface area contributed by atoms with Crippen LogP contribution in [0.15, 0.2) is 84.9 Å². The van der Waals surface area contributed by atoms with Gasteiger partial charge in [0.1, 0.15) is 11.4 Å². The summed E-state index contributed by atoms with van der Waals surface area (Å²) in [7, 11) is -6.59. The summed E-state index contributed by atoms with van der Waals surface area (Å²) in [6, 6.07) is 22.9. The van der Waals surface area contributed by atoms with Crippen LogP contribution in [0.5, 0.6) is 5.75 Å². The first-order valence-electron chi connectivity index (χ1n) is 14.5. The Morgan fingerprint density at radius 2 is 1.83 bits per heavy atom. The van der Waals surface area contributed by atoms with Crippen LogP contribution >= 0.6 is 0 Å². The quantitative estimate of drug-likeness (QED) is 0.437. The Morgan fingerprint density at radius 1 is 1.08 bits per heavy atom. The number of methoxy groups -OCH3 is 1. The van der Waals surface area contributed by atoms with Crippen LogP contribution in [0.25, 0.3) is 0 Å². The molecule has 0 bridgehead atoms. The summed E-state index contributed by atoms with van der Waals surface area (Å²) < 4.78 is 85.3. The normalized spacial score (nSPS) is 23.7. The van der Waals surface area contributed by atoms with Gasteiger partial charge in [-0.2, -0.15) is 0 Å². The Kier molecular flexibility index (Phi) is 5.93. The standard InChI is InChI=1S/C28H32N2O5S/c1-29-19-25-20-30(36(32,33)21-22-10-5-3-6-11-22)17-16-28(25,24-14-9-15-26(18-24)34-2)35-27(31)23-12-7-4-8-13-23/h3-15,18,25,29H,16-17,19-21H2,1-2H3/i1D3,2D3. The van der Waals surface area contributed by atoms with Crippen LogP contribution in [0.4, 0.5) is 0 Å². The second-order valence-electron chi connectivity index (χ2n) is 8.70. The molecule has 1 N–H and O–H groups in total. The number of nitrogens with one attached hydrogen (secondary N) is 1. The average molecular weight is 515 g/mol. The Labute approximate surface area is 221 Å². The molecule has 4 rings (SSSR count). The Morgan fingerprint density at radius 3 is 2.56 bits per heavy atom. The highest BCUT2D eigenvalue weighted by molar-refractivity contribution is 7.88. The molecule has 2 atom stereocenters. The number of hydrogen-bond acceptors (Lipinski definition) is 6. The van der Waals surface area contributed by atoms with E-state index >= 15 is 0 Å². The molecule has 1 heterocycles. The van der Waals surface area contributed by atoms with Gasteiger partial charge in [-0.25, -0.2) is 17.5 Å². The minimum absolute atomic E-state index is 0.00991. The van der Waals surface area contributed by atoms with E-state index in [1.165, 1.54) is 16.4 Å². The van der Waals surface area contributed by atoms with Crippen molar-refractivity contribution < 1.29 is 30.9 Å². The van der Waals surface area contributed by atoms with Crippen LogP contribution in [-0.2, 0) is 26.1 Å². The van der Waals surface area contributed by atoms with E-state index in [0.717, 1.165) is 0 Å². The molecule has 3 aromatic carbocycles. The summed E-state index contributed by atoms with van der Waals surface area (Å²) in [4.78, 5) is 13.5. The van der Waals surface area contributed by atoms with Gasteiger partial charge in [-0.05, 0) is 42.4 Å². The number of nitrogens with zero attached hydrogens (tertiary/aromatic N) is 1. The number of hydrogen-bond donors (Lipinski definition) is 1. The highest BCUT2D eigenvalue weighted by Gasteiger charge is 2.49. The number of piperidine rings is 1. The Bertz CT molecular complexity index is 1470. The molecule has 2 unspecified atom stereocenters. The maximum Gasteiger partial charge on any atom is 0.339 e. The van der Waals surface area contributed by atoms with E-state index in [9.17, 15) is 13.2 Å². The van der Waals surface area contributed by atoms with Crippen molar-refractivity contribution in [1.29, 1.82) is 0 Å². The number of carbonyl (C=O) groups is 1. The average Bonchev–Trinajstić information content (AvgIpc) is 2.92. The maximum atomic E-state index is 13.5. The van der Waals surface area contributed by atoms with E-state index in [1.54, 1.807) is 72.8 Å². The highest BCUT2D eigenvalue weighted by Crippen LogP contribution is 2.43. The number of rotatable bonds is 9. The van der Waals surface area contributed by atoms with E-state index in [1.807, 2.05) is 0 Å². The molecule has 8 heteroatoms. The van der Waals surface area contributed by atoms with E-state index < -0.39 is 41.5 Å². The predicted octanol–water partition coefficient (Wildman–Crippen LogP) is 3.82. The SMILES string of the molecule is [2H]C([2H])([2H])NCC1CN(S(=O)(=O)Cc2ccccc2)CCC1(OC(=O)c1ccccc1)c1cccc(OC([2H])([2H])[2H])c1. The molecular weight excluding hydrogens is 476 g/mol. The zero-order valence-electron chi connectivity index (χ0n) is 25.6. The summed E-state index contributed by atoms with van der Waals surface area (Å²) in [6.07, 6.45) is -0.0236. The molecule has 0 amide bonds. The topological polar surface area (TPSA) is 84.9 Å². The van der Waals surface area contributed by atoms with E-state index in [-0.39, 0.29) is 43.1 Å². The van der Waals surface area contributed by atoms with Crippen molar-refractivity contribution in [3.63, 3.8) is 0 Å². The second kappa shape index (κ2) is 11.2.